The van der Waals surface area contributed by atoms with E-state index in [0.717, 1.165) is 18.2 Å². The summed E-state index contributed by atoms with van der Waals surface area (Å²) in [5.74, 6) is -0.434. The number of Topliss-reactive ketones (excluding diaryl/α,β-unsaturated/α-hetero) is 1. The molecule has 4 nitrogen and oxygen atoms in total. The van der Waals surface area contributed by atoms with Gasteiger partial charge in [-0.2, -0.15) is 13.2 Å². The van der Waals surface area contributed by atoms with E-state index in [9.17, 15) is 22.8 Å². The van der Waals surface area contributed by atoms with Gasteiger partial charge in [0, 0.05) is 5.56 Å². The SMILES string of the molecule is CC(=O)c1ccc(O[C@H](C)C(=O)Nc2cc(C(F)(F)F)ccc2Cl)cc1. The Morgan fingerprint density at radius 2 is 1.73 bits per heavy atom. The molecule has 138 valence electrons. The molecule has 8 heteroatoms. The number of carbonyl (C=O) groups excluding carboxylic acids is 2. The molecule has 0 aliphatic heterocycles. The lowest BCUT2D eigenvalue weighted by Gasteiger charge is -2.16. The molecule has 2 rings (SSSR count). The lowest BCUT2D eigenvalue weighted by atomic mass is 10.1. The number of amides is 1. The van der Waals surface area contributed by atoms with E-state index >= 15 is 0 Å². The van der Waals surface area contributed by atoms with Crippen molar-refractivity contribution in [3.63, 3.8) is 0 Å². The first-order chi connectivity index (χ1) is 12.1. The molecule has 2 aromatic rings. The highest BCUT2D eigenvalue weighted by Gasteiger charge is 2.31. The molecule has 1 N–H and O–H groups in total. The van der Waals surface area contributed by atoms with E-state index in [4.69, 9.17) is 16.3 Å². The fraction of sp³-hybridized carbons (Fsp3) is 0.222. The Morgan fingerprint density at radius 3 is 2.27 bits per heavy atom. The van der Waals surface area contributed by atoms with Gasteiger partial charge < -0.3 is 10.1 Å². The van der Waals surface area contributed by atoms with Crippen LogP contribution in [0.1, 0.15) is 29.8 Å². The fourth-order valence-corrected chi connectivity index (χ4v) is 2.22. The number of carbonyl (C=O) groups is 2. The second kappa shape index (κ2) is 7.78. The number of ether oxygens (including phenoxy) is 1. The molecule has 0 fully saturated rings. The minimum Gasteiger partial charge on any atom is -0.481 e. The predicted molar refractivity (Wildman–Crippen MR) is 91.6 cm³/mol. The van der Waals surface area contributed by atoms with Gasteiger partial charge in [-0.15, -0.1) is 0 Å². The van der Waals surface area contributed by atoms with Gasteiger partial charge in [-0.05, 0) is 56.3 Å². The first-order valence-corrected chi connectivity index (χ1v) is 7.91. The predicted octanol–water partition coefficient (Wildman–Crippen LogP) is 4.97. The summed E-state index contributed by atoms with van der Waals surface area (Å²) in [5, 5.41) is 2.30. The van der Waals surface area contributed by atoms with Gasteiger partial charge in [-0.25, -0.2) is 0 Å². The molecule has 2 aromatic carbocycles. The number of anilines is 1. The van der Waals surface area contributed by atoms with Crippen molar-refractivity contribution in [1.29, 1.82) is 0 Å². The van der Waals surface area contributed by atoms with Gasteiger partial charge in [0.2, 0.25) is 0 Å². The van der Waals surface area contributed by atoms with Crippen LogP contribution in [0.4, 0.5) is 18.9 Å². The number of alkyl halides is 3. The molecular formula is C18H15ClF3NO3. The third-order valence-corrected chi connectivity index (χ3v) is 3.82. The van der Waals surface area contributed by atoms with Crippen LogP contribution in [0.25, 0.3) is 0 Å². The molecule has 26 heavy (non-hydrogen) atoms. The number of nitrogens with one attached hydrogen (secondary N) is 1. The van der Waals surface area contributed by atoms with Crippen LogP contribution < -0.4 is 10.1 Å². The summed E-state index contributed by atoms with van der Waals surface area (Å²) in [5.41, 5.74) is -0.593. The second-order valence-electron chi connectivity index (χ2n) is 5.52. The summed E-state index contributed by atoms with van der Waals surface area (Å²) < 4.78 is 43.7. The molecule has 0 aliphatic rings. The van der Waals surface area contributed by atoms with Crippen LogP contribution in [-0.2, 0) is 11.0 Å². The van der Waals surface area contributed by atoms with Gasteiger partial charge in [-0.3, -0.25) is 9.59 Å². The molecule has 1 atom stereocenters. The van der Waals surface area contributed by atoms with E-state index in [1.165, 1.54) is 26.0 Å². The van der Waals surface area contributed by atoms with E-state index in [2.05, 4.69) is 5.32 Å². The summed E-state index contributed by atoms with van der Waals surface area (Å²) in [7, 11) is 0. The Kier molecular flexibility index (Phi) is 5.92. The average Bonchev–Trinajstić information content (AvgIpc) is 2.56. The number of ketones is 1. The van der Waals surface area contributed by atoms with Crippen LogP contribution in [0, 0.1) is 0 Å². The fourth-order valence-electron chi connectivity index (χ4n) is 2.06. The van der Waals surface area contributed by atoms with E-state index in [1.807, 2.05) is 0 Å². The highest BCUT2D eigenvalue weighted by molar-refractivity contribution is 6.33. The van der Waals surface area contributed by atoms with Crippen molar-refractivity contribution in [2.24, 2.45) is 0 Å². The van der Waals surface area contributed by atoms with Gasteiger partial charge in [0.05, 0.1) is 16.3 Å². The lowest BCUT2D eigenvalue weighted by Crippen LogP contribution is -2.30. The van der Waals surface area contributed by atoms with Crippen LogP contribution >= 0.6 is 11.6 Å². The van der Waals surface area contributed by atoms with Gasteiger partial charge in [0.25, 0.3) is 5.91 Å². The number of hydrogen-bond acceptors (Lipinski definition) is 3. The van der Waals surface area contributed by atoms with Crippen molar-refractivity contribution in [3.05, 3.63) is 58.6 Å². The molecule has 0 aromatic heterocycles. The van der Waals surface area contributed by atoms with Crippen LogP contribution in [0.15, 0.2) is 42.5 Å². The smallest absolute Gasteiger partial charge is 0.416 e. The van der Waals surface area contributed by atoms with Gasteiger partial charge in [0.1, 0.15) is 5.75 Å². The van der Waals surface area contributed by atoms with E-state index in [-0.39, 0.29) is 16.5 Å². The molecule has 0 aliphatic carbocycles. The molecule has 0 saturated carbocycles. The highest BCUT2D eigenvalue weighted by Crippen LogP contribution is 2.33. The summed E-state index contributed by atoms with van der Waals surface area (Å²) in [6.07, 6.45) is -5.55. The standard InChI is InChI=1S/C18H15ClF3NO3/c1-10(24)12-3-6-14(7-4-12)26-11(2)17(25)23-16-9-13(18(20,21)22)5-8-15(16)19/h3-9,11H,1-2H3,(H,23,25)/t11-/m1/s1. The quantitative estimate of drug-likeness (QED) is 0.739. The average molecular weight is 386 g/mol. The number of halogens is 4. The van der Waals surface area contributed by atoms with Crippen LogP contribution in [-0.4, -0.2) is 17.8 Å². The van der Waals surface area contributed by atoms with Gasteiger partial charge in [-0.1, -0.05) is 11.6 Å². The van der Waals surface area contributed by atoms with Crippen LogP contribution in [0.3, 0.4) is 0 Å². The summed E-state index contributed by atoms with van der Waals surface area (Å²) in [6.45, 7) is 2.86. The van der Waals surface area contributed by atoms with Crippen molar-refractivity contribution in [1.82, 2.24) is 0 Å². The van der Waals surface area contributed by atoms with E-state index in [1.54, 1.807) is 12.1 Å². The molecule has 1 amide bonds. The molecule has 0 saturated heterocycles. The first-order valence-electron chi connectivity index (χ1n) is 7.53. The Morgan fingerprint density at radius 1 is 1.12 bits per heavy atom. The molecular weight excluding hydrogens is 371 g/mol. The van der Waals surface area contributed by atoms with Gasteiger partial charge >= 0.3 is 6.18 Å². The zero-order chi connectivity index (χ0) is 19.5. The molecule has 0 spiro atoms. The third-order valence-electron chi connectivity index (χ3n) is 3.49. The zero-order valence-electron chi connectivity index (χ0n) is 13.9. The highest BCUT2D eigenvalue weighted by atomic mass is 35.5. The normalized spacial score (nSPS) is 12.4. The van der Waals surface area contributed by atoms with Crippen LogP contribution in [0.5, 0.6) is 5.75 Å². The van der Waals surface area contributed by atoms with Crippen LogP contribution in [0.2, 0.25) is 5.02 Å². The molecule has 0 bridgehead atoms. The van der Waals surface area contributed by atoms with Crippen molar-refractivity contribution in [3.8, 4) is 5.75 Å². The minimum absolute atomic E-state index is 0.0237. The molecule has 0 radical (unpaired) electrons. The van der Waals surface area contributed by atoms with Crippen molar-refractivity contribution >= 4 is 29.0 Å². The number of benzene rings is 2. The summed E-state index contributed by atoms with van der Waals surface area (Å²) in [4.78, 5) is 23.4. The zero-order valence-corrected chi connectivity index (χ0v) is 14.6. The minimum atomic E-state index is -4.55. The largest absolute Gasteiger partial charge is 0.481 e. The molecule has 0 unspecified atom stereocenters. The topological polar surface area (TPSA) is 55.4 Å². The Bertz CT molecular complexity index is 819. The molecule has 0 heterocycles. The van der Waals surface area contributed by atoms with E-state index < -0.39 is 23.8 Å². The summed E-state index contributed by atoms with van der Waals surface area (Å²) in [6, 6.07) is 8.79. The lowest BCUT2D eigenvalue weighted by molar-refractivity contribution is -0.137. The maximum Gasteiger partial charge on any atom is 0.416 e. The monoisotopic (exact) mass is 385 g/mol. The Balaban J connectivity index is 2.08. The van der Waals surface area contributed by atoms with E-state index in [0.29, 0.717) is 11.3 Å². The first kappa shape index (κ1) is 19.8. The maximum atomic E-state index is 12.8. The van der Waals surface area contributed by atoms with Crippen molar-refractivity contribution in [2.45, 2.75) is 26.1 Å². The third kappa shape index (κ3) is 4.98. The van der Waals surface area contributed by atoms with Crippen molar-refractivity contribution in [2.75, 3.05) is 5.32 Å². The second-order valence-corrected chi connectivity index (χ2v) is 5.93. The summed E-state index contributed by atoms with van der Waals surface area (Å²) >= 11 is 5.85. The number of rotatable bonds is 5. The van der Waals surface area contributed by atoms with Gasteiger partial charge in [0.15, 0.2) is 11.9 Å². The number of hydrogen-bond donors (Lipinski definition) is 1. The maximum absolute atomic E-state index is 12.8. The Hall–Kier alpha value is -2.54. The Labute approximate surface area is 152 Å². The van der Waals surface area contributed by atoms with Crippen molar-refractivity contribution < 1.29 is 27.5 Å².